The van der Waals surface area contributed by atoms with Crippen molar-refractivity contribution in [1.29, 1.82) is 0 Å². The number of carboxylic acid groups (broad SMARTS) is 1. The van der Waals surface area contributed by atoms with Gasteiger partial charge in [-0.3, -0.25) is 19.2 Å². The molecule has 1 N–H and O–H groups in total. The first-order chi connectivity index (χ1) is 16.1. The Balaban J connectivity index is 1.70. The third-order valence-electron chi connectivity index (χ3n) is 11.7. The molecule has 0 aliphatic heterocycles. The van der Waals surface area contributed by atoms with Crippen LogP contribution in [0.15, 0.2) is 0 Å². The molecule has 0 radical (unpaired) electrons. The summed E-state index contributed by atoms with van der Waals surface area (Å²) in [6, 6.07) is 0. The SMILES string of the molecule is CC(=O)OC1CCC2(C)C3C(=O)CC4(C)C(C(C)CCC(=O)O)CCC4(C)C3C(=O)CC2C1(C)C. The van der Waals surface area contributed by atoms with Crippen molar-refractivity contribution < 1.29 is 29.0 Å². The number of rotatable bonds is 5. The van der Waals surface area contributed by atoms with Gasteiger partial charge in [0.2, 0.25) is 0 Å². The zero-order valence-corrected chi connectivity index (χ0v) is 22.6. The van der Waals surface area contributed by atoms with E-state index in [1.165, 1.54) is 6.92 Å². The molecule has 6 nitrogen and oxygen atoms in total. The van der Waals surface area contributed by atoms with E-state index >= 15 is 0 Å². The molecule has 35 heavy (non-hydrogen) atoms. The fraction of sp³-hybridized carbons (Fsp3) is 0.862. The third kappa shape index (κ3) is 3.71. The minimum Gasteiger partial charge on any atom is -0.481 e. The van der Waals surface area contributed by atoms with Crippen LogP contribution in [0.5, 0.6) is 0 Å². The Kier molecular flexibility index (Phi) is 6.33. The molecule has 0 saturated heterocycles. The van der Waals surface area contributed by atoms with Crippen LogP contribution in [0.25, 0.3) is 0 Å². The van der Waals surface area contributed by atoms with Gasteiger partial charge < -0.3 is 9.84 Å². The lowest BCUT2D eigenvalue weighted by molar-refractivity contribution is -0.206. The molecule has 0 aromatic rings. The van der Waals surface area contributed by atoms with E-state index in [4.69, 9.17) is 4.74 Å². The molecule has 196 valence electrons. The Morgan fingerprint density at radius 3 is 2.26 bits per heavy atom. The van der Waals surface area contributed by atoms with Crippen LogP contribution in [0.4, 0.5) is 0 Å². The van der Waals surface area contributed by atoms with E-state index in [1.54, 1.807) is 0 Å². The van der Waals surface area contributed by atoms with Gasteiger partial charge >= 0.3 is 11.9 Å². The van der Waals surface area contributed by atoms with Crippen LogP contribution in [-0.2, 0) is 23.9 Å². The number of Topliss-reactive ketones (excluding diaryl/α,β-unsaturated/α-hetero) is 2. The lowest BCUT2D eigenvalue weighted by Gasteiger charge is -2.65. The second-order valence-corrected chi connectivity index (χ2v) is 13.7. The van der Waals surface area contributed by atoms with Gasteiger partial charge in [0.15, 0.2) is 0 Å². The van der Waals surface area contributed by atoms with Gasteiger partial charge in [0, 0.05) is 43.4 Å². The smallest absolute Gasteiger partial charge is 0.303 e. The second kappa shape index (κ2) is 8.41. The fourth-order valence-electron chi connectivity index (χ4n) is 9.78. The summed E-state index contributed by atoms with van der Waals surface area (Å²) in [6.45, 7) is 14.4. The molecule has 0 amide bonds. The van der Waals surface area contributed by atoms with Gasteiger partial charge in [-0.05, 0) is 66.1 Å². The molecule has 0 spiro atoms. The summed E-state index contributed by atoms with van der Waals surface area (Å²) in [5, 5.41) is 9.20. The molecule has 0 heterocycles. The van der Waals surface area contributed by atoms with Crippen molar-refractivity contribution >= 4 is 23.5 Å². The van der Waals surface area contributed by atoms with Crippen LogP contribution in [0.3, 0.4) is 0 Å². The van der Waals surface area contributed by atoms with Crippen LogP contribution in [0.2, 0.25) is 0 Å². The van der Waals surface area contributed by atoms with Gasteiger partial charge in [0.1, 0.15) is 17.7 Å². The van der Waals surface area contributed by atoms with Crippen LogP contribution in [0, 0.1) is 51.2 Å². The van der Waals surface area contributed by atoms with Gasteiger partial charge in [-0.1, -0.05) is 41.5 Å². The Hall–Kier alpha value is -1.72. The van der Waals surface area contributed by atoms with Crippen molar-refractivity contribution in [3.63, 3.8) is 0 Å². The summed E-state index contributed by atoms with van der Waals surface area (Å²) in [4.78, 5) is 51.1. The maximum Gasteiger partial charge on any atom is 0.303 e. The van der Waals surface area contributed by atoms with Crippen molar-refractivity contribution in [2.45, 2.75) is 106 Å². The van der Waals surface area contributed by atoms with E-state index in [1.807, 2.05) is 0 Å². The first kappa shape index (κ1) is 26.3. The molecule has 6 heteroatoms. The summed E-state index contributed by atoms with van der Waals surface area (Å²) in [7, 11) is 0. The van der Waals surface area contributed by atoms with Gasteiger partial charge in [0.05, 0.1) is 0 Å². The number of ketones is 2. The predicted octanol–water partition coefficient (Wildman–Crippen LogP) is 5.46. The zero-order chi connectivity index (χ0) is 26.1. The Labute approximate surface area is 209 Å². The number of hydrogen-bond acceptors (Lipinski definition) is 5. The molecule has 9 atom stereocenters. The molecule has 9 unspecified atom stereocenters. The highest BCUT2D eigenvalue weighted by Crippen LogP contribution is 2.73. The van der Waals surface area contributed by atoms with E-state index in [0.29, 0.717) is 25.7 Å². The first-order valence-electron chi connectivity index (χ1n) is 13.5. The minimum atomic E-state index is -0.782. The standard InChI is InChI=1S/C29H44O6/c1-16(8-9-23(33)34)18-10-13-28(6)25-19(31)14-21-26(3,4)22(35-17(2)30)11-12-27(21,5)24(25)20(32)15-29(18,28)7/h16,18,21-22,24-25H,8-15H2,1-7H3,(H,33,34). The fourth-order valence-corrected chi connectivity index (χ4v) is 9.78. The number of aliphatic carboxylic acids is 1. The van der Waals surface area contributed by atoms with Gasteiger partial charge in [-0.2, -0.15) is 0 Å². The first-order valence-corrected chi connectivity index (χ1v) is 13.5. The van der Waals surface area contributed by atoms with Gasteiger partial charge in [-0.15, -0.1) is 0 Å². The Morgan fingerprint density at radius 2 is 1.66 bits per heavy atom. The molecule has 4 fully saturated rings. The average Bonchev–Trinajstić information content (AvgIpc) is 3.00. The van der Waals surface area contributed by atoms with Crippen molar-refractivity contribution in [2.24, 2.45) is 51.2 Å². The minimum absolute atomic E-state index is 0.00885. The molecule has 0 aromatic heterocycles. The molecular formula is C29H44O6. The number of carbonyl (C=O) groups is 4. The van der Waals surface area contributed by atoms with E-state index in [2.05, 4.69) is 41.5 Å². The maximum absolute atomic E-state index is 14.1. The predicted molar refractivity (Wildman–Crippen MR) is 131 cm³/mol. The molecule has 4 aliphatic carbocycles. The van der Waals surface area contributed by atoms with Crippen LogP contribution in [-0.4, -0.2) is 34.7 Å². The second-order valence-electron chi connectivity index (χ2n) is 13.7. The maximum atomic E-state index is 14.1. The number of hydrogen-bond donors (Lipinski definition) is 1. The highest BCUT2D eigenvalue weighted by Gasteiger charge is 2.72. The monoisotopic (exact) mass is 488 g/mol. The summed E-state index contributed by atoms with van der Waals surface area (Å²) in [5.41, 5.74) is -1.25. The topological polar surface area (TPSA) is 97.7 Å². The number of carboxylic acids is 1. The van der Waals surface area contributed by atoms with Gasteiger partial charge in [0.25, 0.3) is 0 Å². The number of esters is 1. The highest BCUT2D eigenvalue weighted by atomic mass is 16.5. The van der Waals surface area contributed by atoms with Crippen LogP contribution >= 0.6 is 0 Å². The van der Waals surface area contributed by atoms with Crippen molar-refractivity contribution in [2.75, 3.05) is 0 Å². The normalized spacial score (nSPS) is 45.2. The van der Waals surface area contributed by atoms with Gasteiger partial charge in [-0.25, -0.2) is 0 Å². The van der Waals surface area contributed by atoms with E-state index in [-0.39, 0.29) is 81.3 Å². The quantitative estimate of drug-likeness (QED) is 0.516. The molecular weight excluding hydrogens is 444 g/mol. The Bertz CT molecular complexity index is 937. The van der Waals surface area contributed by atoms with Crippen LogP contribution < -0.4 is 0 Å². The van der Waals surface area contributed by atoms with E-state index in [0.717, 1.165) is 19.3 Å². The molecule has 4 rings (SSSR count). The number of fused-ring (bicyclic) bond motifs is 5. The molecule has 4 aliphatic rings. The molecule has 0 bridgehead atoms. The van der Waals surface area contributed by atoms with E-state index in [9.17, 15) is 24.3 Å². The zero-order valence-electron chi connectivity index (χ0n) is 22.6. The average molecular weight is 489 g/mol. The van der Waals surface area contributed by atoms with E-state index < -0.39 is 5.97 Å². The molecule has 0 aromatic carbocycles. The number of ether oxygens (including phenoxy) is 1. The highest BCUT2D eigenvalue weighted by molar-refractivity contribution is 5.95. The lowest BCUT2D eigenvalue weighted by Crippen LogP contribution is -2.67. The van der Waals surface area contributed by atoms with Crippen LogP contribution in [0.1, 0.15) is 99.8 Å². The summed E-state index contributed by atoms with van der Waals surface area (Å²) in [5.74, 6) is -0.804. The van der Waals surface area contributed by atoms with Crippen molar-refractivity contribution in [1.82, 2.24) is 0 Å². The van der Waals surface area contributed by atoms with Crippen molar-refractivity contribution in [3.8, 4) is 0 Å². The van der Waals surface area contributed by atoms with Crippen molar-refractivity contribution in [3.05, 3.63) is 0 Å². The number of carbonyl (C=O) groups excluding carboxylic acids is 3. The summed E-state index contributed by atoms with van der Waals surface area (Å²) >= 11 is 0. The summed E-state index contributed by atoms with van der Waals surface area (Å²) in [6.07, 6.45) is 4.75. The largest absolute Gasteiger partial charge is 0.481 e. The third-order valence-corrected chi connectivity index (χ3v) is 11.7. The Morgan fingerprint density at radius 1 is 1.00 bits per heavy atom. The molecule has 4 saturated carbocycles. The summed E-state index contributed by atoms with van der Waals surface area (Å²) < 4.78 is 5.71. The lowest BCUT2D eigenvalue weighted by atomic mass is 9.37.